The third kappa shape index (κ3) is 5.14. The third-order valence-corrected chi connectivity index (χ3v) is 6.82. The molecule has 6 heteroatoms. The van der Waals surface area contributed by atoms with E-state index in [0.717, 1.165) is 41.7 Å². The lowest BCUT2D eigenvalue weighted by atomic mass is 9.96. The Morgan fingerprint density at radius 3 is 2.64 bits per heavy atom. The quantitative estimate of drug-likeness (QED) is 0.370. The van der Waals surface area contributed by atoms with Crippen molar-refractivity contribution in [2.45, 2.75) is 39.2 Å². The van der Waals surface area contributed by atoms with Gasteiger partial charge in [-0.05, 0) is 55.9 Å². The average molecular weight is 454 g/mol. The second-order valence-corrected chi connectivity index (χ2v) is 9.07. The number of fused-ring (bicyclic) bond motifs is 1. The minimum atomic E-state index is -0.527. The van der Waals surface area contributed by atoms with Crippen LogP contribution in [0.25, 0.3) is 6.08 Å². The van der Waals surface area contributed by atoms with Crippen molar-refractivity contribution in [3.63, 3.8) is 0 Å². The highest BCUT2D eigenvalue weighted by molar-refractivity contribution is 7.16. The molecule has 0 spiro atoms. The largest absolute Gasteiger partial charge is 0.488 e. The molecule has 1 aliphatic rings. The van der Waals surface area contributed by atoms with Crippen molar-refractivity contribution in [1.29, 1.82) is 10.5 Å². The van der Waals surface area contributed by atoms with Crippen LogP contribution in [0.5, 0.6) is 5.75 Å². The zero-order valence-corrected chi connectivity index (χ0v) is 19.2. The Labute approximate surface area is 197 Å². The number of nitriles is 2. The highest BCUT2D eigenvalue weighted by Gasteiger charge is 2.22. The van der Waals surface area contributed by atoms with E-state index in [0.29, 0.717) is 28.5 Å². The van der Waals surface area contributed by atoms with Crippen LogP contribution >= 0.6 is 11.3 Å². The molecule has 33 heavy (non-hydrogen) atoms. The van der Waals surface area contributed by atoms with Gasteiger partial charge in [0.1, 0.15) is 35.1 Å². The van der Waals surface area contributed by atoms with Crippen LogP contribution in [0, 0.1) is 29.6 Å². The van der Waals surface area contributed by atoms with Crippen LogP contribution in [-0.2, 0) is 24.2 Å². The lowest BCUT2D eigenvalue weighted by molar-refractivity contribution is -0.112. The van der Waals surface area contributed by atoms with E-state index in [1.807, 2.05) is 55.5 Å². The smallest absolute Gasteiger partial charge is 0.266 e. The van der Waals surface area contributed by atoms with Gasteiger partial charge in [0.05, 0.1) is 5.56 Å². The minimum absolute atomic E-state index is 0.0448. The molecule has 0 bridgehead atoms. The number of nitrogens with one attached hydrogen (secondary N) is 1. The number of hydrogen-bond acceptors (Lipinski definition) is 5. The molecule has 0 unspecified atom stereocenters. The van der Waals surface area contributed by atoms with Crippen molar-refractivity contribution >= 4 is 28.3 Å². The van der Waals surface area contributed by atoms with Crippen molar-refractivity contribution in [3.05, 3.63) is 86.8 Å². The fraction of sp³-hybridized carbons (Fsp3) is 0.222. The molecule has 1 amide bonds. The lowest BCUT2D eigenvalue weighted by Gasteiger charge is -2.10. The van der Waals surface area contributed by atoms with E-state index in [1.165, 1.54) is 23.0 Å². The van der Waals surface area contributed by atoms with Crippen LogP contribution in [0.1, 0.15) is 45.5 Å². The first-order valence-corrected chi connectivity index (χ1v) is 11.7. The molecule has 0 radical (unpaired) electrons. The van der Waals surface area contributed by atoms with Gasteiger partial charge in [-0.2, -0.15) is 10.5 Å². The molecule has 1 N–H and O–H groups in total. The van der Waals surface area contributed by atoms with Crippen molar-refractivity contribution in [1.82, 2.24) is 0 Å². The van der Waals surface area contributed by atoms with Gasteiger partial charge in [0, 0.05) is 10.4 Å². The molecule has 2 aromatic carbocycles. The topological polar surface area (TPSA) is 85.9 Å². The molecule has 1 aromatic heterocycles. The Balaban J connectivity index is 1.54. The number of aryl methyl sites for hydroxylation is 2. The maximum Gasteiger partial charge on any atom is 0.266 e. The van der Waals surface area contributed by atoms with E-state index >= 15 is 0 Å². The van der Waals surface area contributed by atoms with Crippen molar-refractivity contribution in [2.75, 3.05) is 5.32 Å². The fourth-order valence-corrected chi connectivity index (χ4v) is 5.06. The number of nitrogens with zero attached hydrogens (tertiary/aromatic N) is 2. The first-order chi connectivity index (χ1) is 16.1. The van der Waals surface area contributed by atoms with Crippen LogP contribution in [0.15, 0.2) is 54.1 Å². The normalized spacial score (nSPS) is 12.9. The summed E-state index contributed by atoms with van der Waals surface area (Å²) < 4.78 is 5.97. The summed E-state index contributed by atoms with van der Waals surface area (Å²) in [4.78, 5) is 14.1. The Kier molecular flexibility index (Phi) is 6.88. The third-order valence-electron chi connectivity index (χ3n) is 5.61. The molecule has 5 nitrogen and oxygen atoms in total. The molecule has 4 rings (SSSR count). The maximum atomic E-state index is 12.9. The molecule has 0 saturated carbocycles. The minimum Gasteiger partial charge on any atom is -0.488 e. The van der Waals surface area contributed by atoms with Gasteiger partial charge in [0.2, 0.25) is 0 Å². The first kappa shape index (κ1) is 22.3. The predicted molar refractivity (Wildman–Crippen MR) is 130 cm³/mol. The number of para-hydroxylation sites is 1. The van der Waals surface area contributed by atoms with E-state index in [-0.39, 0.29) is 5.57 Å². The van der Waals surface area contributed by atoms with Gasteiger partial charge >= 0.3 is 0 Å². The number of thiophene rings is 1. The summed E-state index contributed by atoms with van der Waals surface area (Å²) in [5, 5.41) is 22.6. The summed E-state index contributed by atoms with van der Waals surface area (Å²) in [5.41, 5.74) is 4.38. The number of carbonyl (C=O) groups excluding carboxylic acids is 1. The SMILES string of the molecule is Cc1ccc(COc2ccccc2/C=C(\C#N)C(=O)Nc2sc3c(c2C#N)CCCC3)cc1. The number of hydrogen-bond donors (Lipinski definition) is 1. The van der Waals surface area contributed by atoms with Crippen LogP contribution in [0.3, 0.4) is 0 Å². The molecular formula is C27H23N3O2S. The van der Waals surface area contributed by atoms with E-state index in [9.17, 15) is 15.3 Å². The van der Waals surface area contributed by atoms with Gasteiger partial charge in [-0.25, -0.2) is 0 Å². The standard InChI is InChI=1S/C27H23N3O2S/c1-18-10-12-19(13-11-18)17-32-24-8-4-2-6-20(24)14-21(15-28)26(31)30-27-23(16-29)22-7-3-5-9-25(22)33-27/h2,4,6,8,10-14H,3,5,7,9,17H2,1H3,(H,30,31)/b21-14+. The Morgan fingerprint density at radius 1 is 1.12 bits per heavy atom. The number of benzene rings is 2. The highest BCUT2D eigenvalue weighted by atomic mass is 32.1. The Bertz CT molecular complexity index is 1290. The van der Waals surface area contributed by atoms with Gasteiger partial charge in [-0.15, -0.1) is 11.3 Å². The van der Waals surface area contributed by atoms with E-state index < -0.39 is 5.91 Å². The first-order valence-electron chi connectivity index (χ1n) is 10.8. The Hall–Kier alpha value is -3.87. The van der Waals surface area contributed by atoms with Gasteiger partial charge in [-0.3, -0.25) is 4.79 Å². The summed E-state index contributed by atoms with van der Waals surface area (Å²) in [6, 6.07) is 19.6. The van der Waals surface area contributed by atoms with Crippen LogP contribution in [0.2, 0.25) is 0 Å². The highest BCUT2D eigenvalue weighted by Crippen LogP contribution is 2.37. The average Bonchev–Trinajstić information content (AvgIpc) is 3.19. The fourth-order valence-electron chi connectivity index (χ4n) is 3.82. The predicted octanol–water partition coefficient (Wildman–Crippen LogP) is 5.93. The van der Waals surface area contributed by atoms with Gasteiger partial charge in [-0.1, -0.05) is 48.0 Å². The summed E-state index contributed by atoms with van der Waals surface area (Å²) in [6.07, 6.45) is 5.46. The second kappa shape index (κ2) is 10.2. The van der Waals surface area contributed by atoms with Crippen molar-refractivity contribution in [2.24, 2.45) is 0 Å². The maximum absolute atomic E-state index is 12.9. The van der Waals surface area contributed by atoms with Crippen molar-refractivity contribution in [3.8, 4) is 17.9 Å². The molecule has 3 aromatic rings. The van der Waals surface area contributed by atoms with E-state index in [1.54, 1.807) is 6.07 Å². The lowest BCUT2D eigenvalue weighted by Crippen LogP contribution is -2.13. The summed E-state index contributed by atoms with van der Waals surface area (Å²) in [7, 11) is 0. The van der Waals surface area contributed by atoms with E-state index in [2.05, 4.69) is 11.4 Å². The molecule has 164 valence electrons. The number of ether oxygens (including phenoxy) is 1. The van der Waals surface area contributed by atoms with Crippen LogP contribution in [-0.4, -0.2) is 5.91 Å². The summed E-state index contributed by atoms with van der Waals surface area (Å²) >= 11 is 1.44. The zero-order valence-electron chi connectivity index (χ0n) is 18.4. The molecule has 0 saturated heterocycles. The number of amides is 1. The molecule has 0 fully saturated rings. The van der Waals surface area contributed by atoms with Crippen LogP contribution in [0.4, 0.5) is 5.00 Å². The van der Waals surface area contributed by atoms with Gasteiger partial charge in [0.25, 0.3) is 5.91 Å². The number of carbonyl (C=O) groups is 1. The second-order valence-electron chi connectivity index (χ2n) is 7.96. The zero-order chi connectivity index (χ0) is 23.2. The number of anilines is 1. The van der Waals surface area contributed by atoms with Gasteiger partial charge in [0.15, 0.2) is 0 Å². The molecule has 1 heterocycles. The molecule has 1 aliphatic carbocycles. The Morgan fingerprint density at radius 2 is 1.88 bits per heavy atom. The van der Waals surface area contributed by atoms with E-state index in [4.69, 9.17) is 4.74 Å². The molecular weight excluding hydrogens is 430 g/mol. The van der Waals surface area contributed by atoms with Crippen molar-refractivity contribution < 1.29 is 9.53 Å². The summed E-state index contributed by atoms with van der Waals surface area (Å²) in [6.45, 7) is 2.41. The molecule has 0 aliphatic heterocycles. The summed E-state index contributed by atoms with van der Waals surface area (Å²) in [5.74, 6) is 0.0591. The van der Waals surface area contributed by atoms with Gasteiger partial charge < -0.3 is 10.1 Å². The molecule has 0 atom stereocenters. The monoisotopic (exact) mass is 453 g/mol. The van der Waals surface area contributed by atoms with Crippen LogP contribution < -0.4 is 10.1 Å². The number of rotatable bonds is 6.